The highest BCUT2D eigenvalue weighted by Crippen LogP contribution is 2.38. The summed E-state index contributed by atoms with van der Waals surface area (Å²) in [5, 5.41) is 0. The molecule has 2 heteroatoms. The first-order chi connectivity index (χ1) is 7.70. The molecular formula is C14H19BrO. The lowest BCUT2D eigenvalue weighted by atomic mass is 10.0. The summed E-state index contributed by atoms with van der Waals surface area (Å²) in [4.78, 5) is 0.717. The lowest BCUT2D eigenvalue weighted by molar-refractivity contribution is 0.414. The van der Waals surface area contributed by atoms with Gasteiger partial charge in [0.2, 0.25) is 0 Å². The summed E-state index contributed by atoms with van der Waals surface area (Å²) in [7, 11) is 1.72. The normalized spacial score (nSPS) is 17.2. The van der Waals surface area contributed by atoms with Gasteiger partial charge in [-0.3, -0.25) is 0 Å². The highest BCUT2D eigenvalue weighted by molar-refractivity contribution is 9.09. The maximum atomic E-state index is 5.21. The lowest BCUT2D eigenvalue weighted by Gasteiger charge is -2.11. The van der Waals surface area contributed by atoms with Crippen molar-refractivity contribution in [1.29, 1.82) is 0 Å². The highest BCUT2D eigenvalue weighted by atomic mass is 79.9. The Morgan fingerprint density at radius 1 is 1.44 bits per heavy atom. The van der Waals surface area contributed by atoms with Gasteiger partial charge in [0.15, 0.2) is 0 Å². The molecule has 0 N–H and O–H groups in total. The van der Waals surface area contributed by atoms with E-state index in [1.807, 2.05) is 0 Å². The zero-order valence-electron chi connectivity index (χ0n) is 10.0. The number of halogens is 1. The van der Waals surface area contributed by atoms with Crippen LogP contribution in [0.1, 0.15) is 30.4 Å². The molecule has 0 amide bonds. The van der Waals surface area contributed by atoms with E-state index >= 15 is 0 Å². The van der Waals surface area contributed by atoms with Crippen LogP contribution < -0.4 is 4.74 Å². The van der Waals surface area contributed by atoms with Gasteiger partial charge in [0.25, 0.3) is 0 Å². The summed E-state index contributed by atoms with van der Waals surface area (Å²) in [5.41, 5.74) is 2.79. The number of hydrogen-bond donors (Lipinski definition) is 0. The maximum absolute atomic E-state index is 5.21. The van der Waals surface area contributed by atoms with Gasteiger partial charge >= 0.3 is 0 Å². The number of methoxy groups -OCH3 is 1. The molecular weight excluding hydrogens is 264 g/mol. The molecule has 0 saturated heterocycles. The standard InChI is InChI=1S/C14H19BrO/c1-10-9-13(16-2)7-5-11(10)6-8-14(15)12-3-4-12/h5,7,9,12,14H,3-4,6,8H2,1-2H3. The van der Waals surface area contributed by atoms with Gasteiger partial charge in [-0.15, -0.1) is 0 Å². The fourth-order valence-electron chi connectivity index (χ4n) is 2.06. The van der Waals surface area contributed by atoms with Crippen molar-refractivity contribution in [3.05, 3.63) is 29.3 Å². The molecule has 1 atom stereocenters. The second-order valence-corrected chi connectivity index (χ2v) is 5.86. The number of benzene rings is 1. The van der Waals surface area contributed by atoms with Crippen LogP contribution in [-0.4, -0.2) is 11.9 Å². The maximum Gasteiger partial charge on any atom is 0.119 e. The average molecular weight is 283 g/mol. The van der Waals surface area contributed by atoms with E-state index in [2.05, 4.69) is 41.1 Å². The monoisotopic (exact) mass is 282 g/mol. The molecule has 0 radical (unpaired) electrons. The minimum atomic E-state index is 0.717. The Hall–Kier alpha value is -0.500. The van der Waals surface area contributed by atoms with E-state index in [4.69, 9.17) is 4.74 Å². The number of aryl methyl sites for hydroxylation is 2. The third-order valence-electron chi connectivity index (χ3n) is 3.37. The van der Waals surface area contributed by atoms with Crippen LogP contribution in [0.3, 0.4) is 0 Å². The van der Waals surface area contributed by atoms with Crippen molar-refractivity contribution in [2.45, 2.75) is 37.4 Å². The number of rotatable bonds is 5. The quantitative estimate of drug-likeness (QED) is 0.739. The molecule has 1 aromatic rings. The fourth-order valence-corrected chi connectivity index (χ4v) is 2.82. The highest BCUT2D eigenvalue weighted by Gasteiger charge is 2.28. The van der Waals surface area contributed by atoms with Crippen LogP contribution in [0, 0.1) is 12.8 Å². The van der Waals surface area contributed by atoms with Crippen LogP contribution in [0.4, 0.5) is 0 Å². The van der Waals surface area contributed by atoms with E-state index in [1.165, 1.54) is 36.8 Å². The second kappa shape index (κ2) is 5.22. The van der Waals surface area contributed by atoms with Crippen molar-refractivity contribution in [3.8, 4) is 5.75 Å². The van der Waals surface area contributed by atoms with Crippen molar-refractivity contribution in [1.82, 2.24) is 0 Å². The molecule has 1 aliphatic carbocycles. The molecule has 0 heterocycles. The van der Waals surface area contributed by atoms with E-state index < -0.39 is 0 Å². The van der Waals surface area contributed by atoms with Crippen molar-refractivity contribution in [2.24, 2.45) is 5.92 Å². The number of alkyl halides is 1. The van der Waals surface area contributed by atoms with Crippen molar-refractivity contribution < 1.29 is 4.74 Å². The predicted octanol–water partition coefficient (Wildman–Crippen LogP) is 4.11. The Bertz CT molecular complexity index is 358. The molecule has 1 fully saturated rings. The van der Waals surface area contributed by atoms with E-state index in [-0.39, 0.29) is 0 Å². The van der Waals surface area contributed by atoms with E-state index in [0.717, 1.165) is 11.7 Å². The lowest BCUT2D eigenvalue weighted by Crippen LogP contribution is -2.03. The van der Waals surface area contributed by atoms with Gasteiger partial charge in [-0.05, 0) is 61.8 Å². The minimum absolute atomic E-state index is 0.717. The minimum Gasteiger partial charge on any atom is -0.497 e. The molecule has 1 aliphatic rings. The Kier molecular flexibility index (Phi) is 3.91. The first-order valence-corrected chi connectivity index (χ1v) is 6.90. The van der Waals surface area contributed by atoms with E-state index in [9.17, 15) is 0 Å². The zero-order valence-corrected chi connectivity index (χ0v) is 11.6. The third kappa shape index (κ3) is 3.00. The summed E-state index contributed by atoms with van der Waals surface area (Å²) in [6.07, 6.45) is 5.25. The molecule has 0 aromatic heterocycles. The SMILES string of the molecule is COc1ccc(CCC(Br)C2CC2)c(C)c1. The molecule has 0 aliphatic heterocycles. The third-order valence-corrected chi connectivity index (χ3v) is 4.58. The molecule has 2 rings (SSSR count). The summed E-state index contributed by atoms with van der Waals surface area (Å²) < 4.78 is 5.21. The second-order valence-electron chi connectivity index (χ2n) is 4.68. The Morgan fingerprint density at radius 3 is 2.75 bits per heavy atom. The molecule has 1 nitrogen and oxygen atoms in total. The summed E-state index contributed by atoms with van der Waals surface area (Å²) >= 11 is 3.79. The first kappa shape index (κ1) is 12.0. The summed E-state index contributed by atoms with van der Waals surface area (Å²) in [5.74, 6) is 1.90. The largest absolute Gasteiger partial charge is 0.497 e. The first-order valence-electron chi connectivity index (χ1n) is 5.98. The van der Waals surface area contributed by atoms with E-state index in [0.29, 0.717) is 4.83 Å². The Balaban J connectivity index is 1.92. The fraction of sp³-hybridized carbons (Fsp3) is 0.571. The molecule has 1 unspecified atom stereocenters. The molecule has 0 bridgehead atoms. The van der Waals surface area contributed by atoms with Crippen molar-refractivity contribution >= 4 is 15.9 Å². The average Bonchev–Trinajstić information content (AvgIpc) is 3.10. The van der Waals surface area contributed by atoms with Gasteiger partial charge in [0, 0.05) is 4.83 Å². The van der Waals surface area contributed by atoms with Crippen molar-refractivity contribution in [3.63, 3.8) is 0 Å². The van der Waals surface area contributed by atoms with Crippen LogP contribution in [0.2, 0.25) is 0 Å². The van der Waals surface area contributed by atoms with E-state index in [1.54, 1.807) is 7.11 Å². The van der Waals surface area contributed by atoms with Gasteiger partial charge in [0.1, 0.15) is 5.75 Å². The molecule has 1 aromatic carbocycles. The van der Waals surface area contributed by atoms with Gasteiger partial charge in [-0.25, -0.2) is 0 Å². The van der Waals surface area contributed by atoms with Gasteiger partial charge in [-0.2, -0.15) is 0 Å². The van der Waals surface area contributed by atoms with Gasteiger partial charge < -0.3 is 4.74 Å². The van der Waals surface area contributed by atoms with Crippen LogP contribution in [0.5, 0.6) is 5.75 Å². The topological polar surface area (TPSA) is 9.23 Å². The van der Waals surface area contributed by atoms with Crippen molar-refractivity contribution in [2.75, 3.05) is 7.11 Å². The van der Waals surface area contributed by atoms with Crippen LogP contribution in [0.25, 0.3) is 0 Å². The number of hydrogen-bond acceptors (Lipinski definition) is 1. The Labute approximate surface area is 106 Å². The van der Waals surface area contributed by atoms with Gasteiger partial charge in [0.05, 0.1) is 7.11 Å². The predicted molar refractivity (Wildman–Crippen MR) is 71.5 cm³/mol. The molecule has 1 saturated carbocycles. The van der Waals surface area contributed by atoms with Gasteiger partial charge in [-0.1, -0.05) is 22.0 Å². The Morgan fingerprint density at radius 2 is 2.19 bits per heavy atom. The summed E-state index contributed by atoms with van der Waals surface area (Å²) in [6, 6.07) is 6.37. The van der Waals surface area contributed by atoms with Crippen LogP contribution in [-0.2, 0) is 6.42 Å². The molecule has 16 heavy (non-hydrogen) atoms. The smallest absolute Gasteiger partial charge is 0.119 e. The van der Waals surface area contributed by atoms with Crippen LogP contribution in [0.15, 0.2) is 18.2 Å². The summed E-state index contributed by atoms with van der Waals surface area (Å²) in [6.45, 7) is 2.16. The molecule has 88 valence electrons. The number of ether oxygens (including phenoxy) is 1. The van der Waals surface area contributed by atoms with Crippen LogP contribution >= 0.6 is 15.9 Å². The molecule has 0 spiro atoms. The zero-order chi connectivity index (χ0) is 11.5.